The van der Waals surface area contributed by atoms with Crippen molar-refractivity contribution in [1.29, 1.82) is 0 Å². The number of aromatic amines is 1. The van der Waals surface area contributed by atoms with E-state index in [0.717, 1.165) is 16.7 Å². The van der Waals surface area contributed by atoms with E-state index in [-0.39, 0.29) is 6.10 Å². The molecule has 0 saturated carbocycles. The van der Waals surface area contributed by atoms with Gasteiger partial charge in [0.2, 0.25) is 0 Å². The van der Waals surface area contributed by atoms with Crippen LogP contribution in [-0.2, 0) is 4.74 Å². The van der Waals surface area contributed by atoms with Crippen LogP contribution in [-0.4, -0.2) is 30.8 Å². The molecule has 1 N–H and O–H groups in total. The van der Waals surface area contributed by atoms with Crippen molar-refractivity contribution in [3.05, 3.63) is 23.9 Å². The van der Waals surface area contributed by atoms with Crippen molar-refractivity contribution >= 4 is 16.9 Å². The maximum atomic E-state index is 11.7. The average Bonchev–Trinajstić information content (AvgIpc) is 2.88. The minimum Gasteiger partial charge on any atom is -0.493 e. The summed E-state index contributed by atoms with van der Waals surface area (Å²) in [5, 5.41) is 0.839. The van der Waals surface area contributed by atoms with Gasteiger partial charge in [-0.25, -0.2) is 4.79 Å². The zero-order valence-electron chi connectivity index (χ0n) is 13.7. The maximum Gasteiger partial charge on any atom is 0.354 e. The molecule has 5 heteroatoms. The second-order valence-electron chi connectivity index (χ2n) is 5.93. The highest BCUT2D eigenvalue weighted by molar-refractivity contribution is 5.97. The third kappa shape index (κ3) is 3.72. The first-order chi connectivity index (χ1) is 10.4. The van der Waals surface area contributed by atoms with Gasteiger partial charge in [-0.1, -0.05) is 13.8 Å². The van der Waals surface area contributed by atoms with E-state index in [1.54, 1.807) is 6.07 Å². The number of benzene rings is 1. The van der Waals surface area contributed by atoms with Gasteiger partial charge in [0.1, 0.15) is 17.2 Å². The molecule has 0 aliphatic heterocycles. The zero-order chi connectivity index (χ0) is 16.3. The Morgan fingerprint density at radius 1 is 1.18 bits per heavy atom. The molecule has 22 heavy (non-hydrogen) atoms. The van der Waals surface area contributed by atoms with Crippen LogP contribution in [0.1, 0.15) is 38.2 Å². The second kappa shape index (κ2) is 6.73. The summed E-state index contributed by atoms with van der Waals surface area (Å²) in [4.78, 5) is 14.7. The number of carbonyl (C=O) groups excluding carboxylic acids is 1. The van der Waals surface area contributed by atoms with Gasteiger partial charge in [-0.15, -0.1) is 0 Å². The summed E-state index contributed by atoms with van der Waals surface area (Å²) < 4.78 is 16.4. The lowest BCUT2D eigenvalue weighted by Gasteiger charge is -2.14. The fourth-order valence-electron chi connectivity index (χ4n) is 2.10. The Kier molecular flexibility index (Phi) is 4.96. The summed E-state index contributed by atoms with van der Waals surface area (Å²) in [6.07, 6.45) is 0.0278. The van der Waals surface area contributed by atoms with Crippen molar-refractivity contribution in [3.8, 4) is 11.5 Å². The van der Waals surface area contributed by atoms with Gasteiger partial charge < -0.3 is 19.2 Å². The van der Waals surface area contributed by atoms with Crippen LogP contribution in [0.3, 0.4) is 0 Å². The number of nitrogens with one attached hydrogen (secondary N) is 1. The van der Waals surface area contributed by atoms with Crippen LogP contribution in [0.5, 0.6) is 11.5 Å². The number of rotatable bonds is 6. The average molecular weight is 305 g/mol. The van der Waals surface area contributed by atoms with Crippen molar-refractivity contribution in [3.63, 3.8) is 0 Å². The van der Waals surface area contributed by atoms with E-state index in [4.69, 9.17) is 14.2 Å². The van der Waals surface area contributed by atoms with Crippen LogP contribution in [0.25, 0.3) is 10.9 Å². The van der Waals surface area contributed by atoms with E-state index in [9.17, 15) is 4.79 Å². The first-order valence-corrected chi connectivity index (χ1v) is 7.45. The Hall–Kier alpha value is -2.17. The molecule has 0 bridgehead atoms. The Balaban J connectivity index is 2.45. The number of hydrogen-bond acceptors (Lipinski definition) is 4. The minimum absolute atomic E-state index is 0.0278. The molecule has 2 aromatic rings. The molecule has 0 spiro atoms. The molecular weight excluding hydrogens is 282 g/mol. The Morgan fingerprint density at radius 2 is 1.91 bits per heavy atom. The van der Waals surface area contributed by atoms with E-state index in [2.05, 4.69) is 18.8 Å². The summed E-state index contributed by atoms with van der Waals surface area (Å²) >= 11 is 0. The highest BCUT2D eigenvalue weighted by Crippen LogP contribution is 2.33. The topological polar surface area (TPSA) is 60.6 Å². The molecule has 0 aliphatic carbocycles. The van der Waals surface area contributed by atoms with Crippen LogP contribution in [0.4, 0.5) is 0 Å². The number of esters is 1. The van der Waals surface area contributed by atoms with Crippen molar-refractivity contribution in [2.75, 3.05) is 13.7 Å². The van der Waals surface area contributed by atoms with Crippen molar-refractivity contribution in [2.24, 2.45) is 5.92 Å². The first kappa shape index (κ1) is 16.2. The molecule has 0 radical (unpaired) electrons. The highest BCUT2D eigenvalue weighted by atomic mass is 16.5. The molecule has 2 rings (SSSR count). The fourth-order valence-corrected chi connectivity index (χ4v) is 2.10. The summed E-state index contributed by atoms with van der Waals surface area (Å²) in [6.45, 7) is 8.72. The van der Waals surface area contributed by atoms with Crippen LogP contribution < -0.4 is 9.47 Å². The Bertz CT molecular complexity index is 658. The van der Waals surface area contributed by atoms with Crippen LogP contribution >= 0.6 is 0 Å². The van der Waals surface area contributed by atoms with Gasteiger partial charge in [0.05, 0.1) is 25.3 Å². The third-order valence-corrected chi connectivity index (χ3v) is 3.02. The molecule has 0 aliphatic rings. The molecule has 0 atom stereocenters. The number of fused-ring (bicyclic) bond motifs is 1. The molecule has 0 saturated heterocycles. The van der Waals surface area contributed by atoms with Crippen molar-refractivity contribution in [1.82, 2.24) is 4.98 Å². The smallest absolute Gasteiger partial charge is 0.354 e. The largest absolute Gasteiger partial charge is 0.493 e. The van der Waals surface area contributed by atoms with E-state index >= 15 is 0 Å². The summed E-state index contributed by atoms with van der Waals surface area (Å²) in [7, 11) is 1.36. The number of H-pyrrole nitrogens is 1. The zero-order valence-corrected chi connectivity index (χ0v) is 13.7. The monoisotopic (exact) mass is 305 g/mol. The molecule has 120 valence electrons. The molecule has 1 aromatic heterocycles. The number of carbonyl (C=O) groups is 1. The SMILES string of the molecule is COC(=O)c1cc2c(OC(C)C)cc(OCC(C)C)cc2[nH]1. The molecule has 0 fully saturated rings. The van der Waals surface area contributed by atoms with Crippen molar-refractivity contribution in [2.45, 2.75) is 33.8 Å². The van der Waals surface area contributed by atoms with Gasteiger partial charge in [0.15, 0.2) is 0 Å². The lowest BCUT2D eigenvalue weighted by atomic mass is 10.2. The van der Waals surface area contributed by atoms with Crippen molar-refractivity contribution < 1.29 is 19.0 Å². The van der Waals surface area contributed by atoms with E-state index in [0.29, 0.717) is 24.0 Å². The summed E-state index contributed by atoms with van der Waals surface area (Å²) in [6, 6.07) is 5.47. The lowest BCUT2D eigenvalue weighted by Crippen LogP contribution is -2.07. The van der Waals surface area contributed by atoms with Crippen LogP contribution in [0, 0.1) is 5.92 Å². The van der Waals surface area contributed by atoms with Gasteiger partial charge in [0, 0.05) is 17.5 Å². The van der Waals surface area contributed by atoms with E-state index < -0.39 is 5.97 Å². The number of ether oxygens (including phenoxy) is 3. The molecule has 1 heterocycles. The number of aromatic nitrogens is 1. The molecule has 0 amide bonds. The number of methoxy groups -OCH3 is 1. The number of hydrogen-bond donors (Lipinski definition) is 1. The standard InChI is InChI=1S/C17H23NO4/c1-10(2)9-21-12-6-14-13(16(7-12)22-11(3)4)8-15(18-14)17(19)20-5/h6-8,10-11,18H,9H2,1-5H3. The van der Waals surface area contributed by atoms with Gasteiger partial charge in [-0.2, -0.15) is 0 Å². The Morgan fingerprint density at radius 3 is 2.50 bits per heavy atom. The van der Waals surface area contributed by atoms with Gasteiger partial charge in [0.25, 0.3) is 0 Å². The van der Waals surface area contributed by atoms with Gasteiger partial charge in [-0.05, 0) is 25.8 Å². The van der Waals surface area contributed by atoms with Crippen LogP contribution in [0.2, 0.25) is 0 Å². The normalized spacial score (nSPS) is 11.2. The second-order valence-corrected chi connectivity index (χ2v) is 5.93. The van der Waals surface area contributed by atoms with Gasteiger partial charge >= 0.3 is 5.97 Å². The molecule has 5 nitrogen and oxygen atoms in total. The lowest BCUT2D eigenvalue weighted by molar-refractivity contribution is 0.0595. The van der Waals surface area contributed by atoms with Crippen LogP contribution in [0.15, 0.2) is 18.2 Å². The first-order valence-electron chi connectivity index (χ1n) is 7.45. The predicted octanol–water partition coefficient (Wildman–Crippen LogP) is 3.78. The highest BCUT2D eigenvalue weighted by Gasteiger charge is 2.15. The Labute approximate surface area is 130 Å². The van der Waals surface area contributed by atoms with Gasteiger partial charge in [-0.3, -0.25) is 0 Å². The predicted molar refractivity (Wildman–Crippen MR) is 85.7 cm³/mol. The molecule has 1 aromatic carbocycles. The van der Waals surface area contributed by atoms with E-state index in [1.807, 2.05) is 26.0 Å². The summed E-state index contributed by atoms with van der Waals surface area (Å²) in [5.74, 6) is 1.43. The third-order valence-electron chi connectivity index (χ3n) is 3.02. The molecular formula is C17H23NO4. The van der Waals surface area contributed by atoms with E-state index in [1.165, 1.54) is 7.11 Å². The maximum absolute atomic E-state index is 11.7. The molecule has 0 unspecified atom stereocenters. The minimum atomic E-state index is -0.406. The fraction of sp³-hybridized carbons (Fsp3) is 0.471. The summed E-state index contributed by atoms with van der Waals surface area (Å²) in [5.41, 5.74) is 1.18. The quantitative estimate of drug-likeness (QED) is 0.825.